The number of anilines is 1. The van der Waals surface area contributed by atoms with Gasteiger partial charge in [-0.2, -0.15) is 4.98 Å². The molecule has 0 aliphatic heterocycles. The minimum atomic E-state index is -0.851. The van der Waals surface area contributed by atoms with E-state index in [-0.39, 0.29) is 0 Å². The standard InChI is InChI=1S/C13H22N2O2/c1-6-17-11-9-7-8-10(14-11)15-12(2,3)13(4,5)16/h7-9,16H,6H2,1-5H3,(H,14,15). The summed E-state index contributed by atoms with van der Waals surface area (Å²) in [6, 6.07) is 5.54. The topological polar surface area (TPSA) is 54.4 Å². The fraction of sp³-hybridized carbons (Fsp3) is 0.615. The molecule has 1 rings (SSSR count). The highest BCUT2D eigenvalue weighted by Crippen LogP contribution is 2.25. The van der Waals surface area contributed by atoms with Crippen molar-refractivity contribution in [1.82, 2.24) is 4.98 Å². The summed E-state index contributed by atoms with van der Waals surface area (Å²) in [5.74, 6) is 1.28. The lowest BCUT2D eigenvalue weighted by molar-refractivity contribution is 0.0238. The highest BCUT2D eigenvalue weighted by Gasteiger charge is 2.35. The lowest BCUT2D eigenvalue weighted by Gasteiger charge is -2.38. The van der Waals surface area contributed by atoms with Crippen LogP contribution in [0.15, 0.2) is 18.2 Å². The summed E-state index contributed by atoms with van der Waals surface area (Å²) < 4.78 is 5.33. The van der Waals surface area contributed by atoms with Gasteiger partial charge in [-0.25, -0.2) is 0 Å². The first-order chi connectivity index (χ1) is 7.76. The van der Waals surface area contributed by atoms with Crippen LogP contribution in [0.25, 0.3) is 0 Å². The predicted molar refractivity (Wildman–Crippen MR) is 69.4 cm³/mol. The number of rotatable bonds is 5. The van der Waals surface area contributed by atoms with E-state index in [2.05, 4.69) is 10.3 Å². The Morgan fingerprint density at radius 1 is 1.29 bits per heavy atom. The quantitative estimate of drug-likeness (QED) is 0.827. The van der Waals surface area contributed by atoms with Gasteiger partial charge in [0.1, 0.15) is 5.82 Å². The molecule has 0 atom stereocenters. The van der Waals surface area contributed by atoms with Crippen LogP contribution in [0.3, 0.4) is 0 Å². The summed E-state index contributed by atoms with van der Waals surface area (Å²) in [5, 5.41) is 13.3. The molecule has 17 heavy (non-hydrogen) atoms. The molecule has 1 heterocycles. The monoisotopic (exact) mass is 238 g/mol. The fourth-order valence-electron chi connectivity index (χ4n) is 1.19. The van der Waals surface area contributed by atoms with Gasteiger partial charge in [-0.3, -0.25) is 0 Å². The van der Waals surface area contributed by atoms with Crippen molar-refractivity contribution in [3.8, 4) is 5.88 Å². The normalized spacial score (nSPS) is 12.4. The number of ether oxygens (including phenoxy) is 1. The minimum Gasteiger partial charge on any atom is -0.478 e. The average Bonchev–Trinajstić information content (AvgIpc) is 2.16. The van der Waals surface area contributed by atoms with Crippen molar-refractivity contribution in [3.05, 3.63) is 18.2 Å². The molecule has 0 bridgehead atoms. The number of pyridine rings is 1. The molecule has 0 aromatic carbocycles. The molecule has 4 heteroatoms. The molecule has 4 nitrogen and oxygen atoms in total. The van der Waals surface area contributed by atoms with Crippen LogP contribution in [0.5, 0.6) is 5.88 Å². The number of hydrogen-bond acceptors (Lipinski definition) is 4. The van der Waals surface area contributed by atoms with Crippen LogP contribution in [-0.4, -0.2) is 27.8 Å². The van der Waals surface area contributed by atoms with Crippen molar-refractivity contribution in [2.45, 2.75) is 45.8 Å². The molecule has 0 aliphatic carbocycles. The largest absolute Gasteiger partial charge is 0.478 e. The van der Waals surface area contributed by atoms with Crippen LogP contribution in [0.1, 0.15) is 34.6 Å². The van der Waals surface area contributed by atoms with E-state index in [1.807, 2.05) is 39.0 Å². The van der Waals surface area contributed by atoms with Crippen molar-refractivity contribution in [2.24, 2.45) is 0 Å². The molecule has 0 spiro atoms. The van der Waals surface area contributed by atoms with Crippen molar-refractivity contribution < 1.29 is 9.84 Å². The molecule has 0 radical (unpaired) electrons. The van der Waals surface area contributed by atoms with E-state index in [1.54, 1.807) is 13.8 Å². The van der Waals surface area contributed by atoms with Gasteiger partial charge >= 0.3 is 0 Å². The first kappa shape index (κ1) is 13.8. The summed E-state index contributed by atoms with van der Waals surface area (Å²) >= 11 is 0. The zero-order valence-electron chi connectivity index (χ0n) is 11.2. The Morgan fingerprint density at radius 2 is 1.94 bits per heavy atom. The van der Waals surface area contributed by atoms with Crippen LogP contribution in [0, 0.1) is 0 Å². The number of aliphatic hydroxyl groups is 1. The molecule has 1 aromatic heterocycles. The Morgan fingerprint density at radius 3 is 2.47 bits per heavy atom. The Bertz CT molecular complexity index is 370. The van der Waals surface area contributed by atoms with Crippen LogP contribution < -0.4 is 10.1 Å². The van der Waals surface area contributed by atoms with Crippen molar-refractivity contribution in [2.75, 3.05) is 11.9 Å². The molecule has 0 saturated carbocycles. The fourth-order valence-corrected chi connectivity index (χ4v) is 1.19. The smallest absolute Gasteiger partial charge is 0.215 e. The first-order valence-electron chi connectivity index (χ1n) is 5.86. The summed E-state index contributed by atoms with van der Waals surface area (Å²) in [6.07, 6.45) is 0. The van der Waals surface area contributed by atoms with Crippen molar-refractivity contribution >= 4 is 5.82 Å². The molecule has 0 unspecified atom stereocenters. The minimum absolute atomic E-state index is 0.481. The van der Waals surface area contributed by atoms with E-state index in [9.17, 15) is 5.11 Å². The third-order valence-electron chi connectivity index (χ3n) is 2.99. The van der Waals surface area contributed by atoms with Gasteiger partial charge in [0.25, 0.3) is 0 Å². The average molecular weight is 238 g/mol. The highest BCUT2D eigenvalue weighted by atomic mass is 16.5. The Kier molecular flexibility index (Phi) is 3.98. The van der Waals surface area contributed by atoms with E-state index in [1.165, 1.54) is 0 Å². The van der Waals surface area contributed by atoms with Gasteiger partial charge in [0.15, 0.2) is 0 Å². The summed E-state index contributed by atoms with van der Waals surface area (Å²) in [4.78, 5) is 4.32. The van der Waals surface area contributed by atoms with Crippen molar-refractivity contribution in [3.63, 3.8) is 0 Å². The summed E-state index contributed by atoms with van der Waals surface area (Å²) in [5.41, 5.74) is -1.33. The molecule has 0 saturated heterocycles. The number of aromatic nitrogens is 1. The van der Waals surface area contributed by atoms with Gasteiger partial charge < -0.3 is 15.2 Å². The third-order valence-corrected chi connectivity index (χ3v) is 2.99. The molecule has 0 amide bonds. The predicted octanol–water partition coefficient (Wildman–Crippen LogP) is 2.44. The Labute approximate surface area is 103 Å². The molecule has 0 fully saturated rings. The maximum atomic E-state index is 10.1. The second kappa shape index (κ2) is 4.92. The third kappa shape index (κ3) is 3.60. The maximum absolute atomic E-state index is 10.1. The van der Waals surface area contributed by atoms with Crippen LogP contribution in [-0.2, 0) is 0 Å². The van der Waals surface area contributed by atoms with Gasteiger partial charge in [0.05, 0.1) is 17.7 Å². The zero-order chi connectivity index (χ0) is 13.1. The van der Waals surface area contributed by atoms with Crippen LogP contribution >= 0.6 is 0 Å². The molecule has 0 aliphatic rings. The molecular weight excluding hydrogens is 216 g/mol. The molecular formula is C13H22N2O2. The summed E-state index contributed by atoms with van der Waals surface area (Å²) in [7, 11) is 0. The maximum Gasteiger partial charge on any atom is 0.215 e. The number of nitrogens with one attached hydrogen (secondary N) is 1. The van der Waals surface area contributed by atoms with E-state index in [0.29, 0.717) is 18.3 Å². The van der Waals surface area contributed by atoms with E-state index < -0.39 is 11.1 Å². The van der Waals surface area contributed by atoms with Gasteiger partial charge in [0.2, 0.25) is 5.88 Å². The number of nitrogens with zero attached hydrogens (tertiary/aromatic N) is 1. The van der Waals surface area contributed by atoms with Gasteiger partial charge in [-0.1, -0.05) is 6.07 Å². The lowest BCUT2D eigenvalue weighted by Crippen LogP contribution is -2.51. The van der Waals surface area contributed by atoms with E-state index in [0.717, 1.165) is 0 Å². The molecule has 1 aromatic rings. The van der Waals surface area contributed by atoms with E-state index >= 15 is 0 Å². The van der Waals surface area contributed by atoms with Crippen LogP contribution in [0.4, 0.5) is 5.82 Å². The first-order valence-corrected chi connectivity index (χ1v) is 5.86. The van der Waals surface area contributed by atoms with Crippen LogP contribution in [0.2, 0.25) is 0 Å². The van der Waals surface area contributed by atoms with Gasteiger partial charge in [-0.15, -0.1) is 0 Å². The Hall–Kier alpha value is -1.29. The highest BCUT2D eigenvalue weighted by molar-refractivity contribution is 5.40. The van der Waals surface area contributed by atoms with Crippen molar-refractivity contribution in [1.29, 1.82) is 0 Å². The summed E-state index contributed by atoms with van der Waals surface area (Å²) in [6.45, 7) is 9.91. The molecule has 2 N–H and O–H groups in total. The Balaban J connectivity index is 2.84. The van der Waals surface area contributed by atoms with Gasteiger partial charge in [-0.05, 0) is 40.7 Å². The van der Waals surface area contributed by atoms with E-state index in [4.69, 9.17) is 4.74 Å². The second-order valence-electron chi connectivity index (χ2n) is 5.10. The van der Waals surface area contributed by atoms with Gasteiger partial charge in [0, 0.05) is 6.07 Å². The SMILES string of the molecule is CCOc1cccc(NC(C)(C)C(C)(C)O)n1. The second-order valence-corrected chi connectivity index (χ2v) is 5.10. The molecule has 96 valence electrons. The zero-order valence-corrected chi connectivity index (χ0v) is 11.2. The lowest BCUT2D eigenvalue weighted by atomic mass is 9.86. The number of hydrogen-bond donors (Lipinski definition) is 2.